The highest BCUT2D eigenvalue weighted by molar-refractivity contribution is 7.99. The Hall–Kier alpha value is -2.28. The van der Waals surface area contributed by atoms with Gasteiger partial charge in [-0.15, -0.1) is 5.10 Å². The van der Waals surface area contributed by atoms with Crippen LogP contribution in [0.5, 0.6) is 5.75 Å². The number of unbranched alkanes of at least 4 members (excludes halogenated alkanes) is 3. The molecular weight excluding hydrogens is 432 g/mol. The van der Waals surface area contributed by atoms with Gasteiger partial charge in [-0.3, -0.25) is 4.79 Å². The number of nitrogens with zero attached hydrogens (tertiary/aromatic N) is 3. The van der Waals surface area contributed by atoms with Gasteiger partial charge in [-0.2, -0.15) is 4.98 Å². The van der Waals surface area contributed by atoms with Crippen LogP contribution in [-0.2, 0) is 4.79 Å². The molecule has 2 heterocycles. The van der Waals surface area contributed by atoms with Crippen LogP contribution in [0.3, 0.4) is 0 Å². The van der Waals surface area contributed by atoms with E-state index >= 15 is 0 Å². The number of hydrogen-bond donors (Lipinski definition) is 1. The standard InChI is InChI=1S/C26H36N4O2S/c1-5-7-9-14-32-19-12-10-18(11-13-19)23-22-20(16-26(3,4)17-21(22)31)27-24-28-25(29-30(23)24)33-15-8-6-2/h10-13,23H,5-9,14-17H2,1-4H3,(H,27,28,29). The van der Waals surface area contributed by atoms with Crippen molar-refractivity contribution in [2.24, 2.45) is 5.41 Å². The van der Waals surface area contributed by atoms with Gasteiger partial charge in [0.25, 0.3) is 0 Å². The molecule has 1 aromatic heterocycles. The van der Waals surface area contributed by atoms with Crippen molar-refractivity contribution in [3.8, 4) is 5.75 Å². The van der Waals surface area contributed by atoms with Crippen molar-refractivity contribution >= 4 is 23.5 Å². The summed E-state index contributed by atoms with van der Waals surface area (Å²) in [7, 11) is 0. The molecule has 0 saturated carbocycles. The van der Waals surface area contributed by atoms with Crippen LogP contribution in [0.15, 0.2) is 40.7 Å². The molecule has 0 radical (unpaired) electrons. The Morgan fingerprint density at radius 2 is 1.88 bits per heavy atom. The lowest BCUT2D eigenvalue weighted by atomic mass is 9.73. The minimum atomic E-state index is -0.262. The second kappa shape index (κ2) is 10.3. The maximum absolute atomic E-state index is 13.3. The van der Waals surface area contributed by atoms with Gasteiger partial charge in [0, 0.05) is 23.4 Å². The highest BCUT2D eigenvalue weighted by Crippen LogP contribution is 2.45. The first-order valence-electron chi connectivity index (χ1n) is 12.3. The Kier molecular flexibility index (Phi) is 7.47. The predicted octanol–water partition coefficient (Wildman–Crippen LogP) is 6.40. The summed E-state index contributed by atoms with van der Waals surface area (Å²) in [5.74, 6) is 2.78. The van der Waals surface area contributed by atoms with Crippen LogP contribution in [0.2, 0.25) is 0 Å². The van der Waals surface area contributed by atoms with Crippen molar-refractivity contribution in [1.29, 1.82) is 0 Å². The number of anilines is 1. The van der Waals surface area contributed by atoms with E-state index in [9.17, 15) is 4.79 Å². The molecule has 1 aliphatic carbocycles. The third-order valence-corrected chi connectivity index (χ3v) is 7.18. The second-order valence-corrected chi connectivity index (χ2v) is 10.9. The molecule has 1 unspecified atom stereocenters. The first-order chi connectivity index (χ1) is 15.9. The molecule has 4 rings (SSSR count). The summed E-state index contributed by atoms with van der Waals surface area (Å²) in [6.07, 6.45) is 7.07. The molecule has 0 saturated heterocycles. The average Bonchev–Trinajstić information content (AvgIpc) is 3.17. The number of carbonyl (C=O) groups excluding carboxylic acids is 1. The zero-order chi connectivity index (χ0) is 23.4. The van der Waals surface area contributed by atoms with E-state index in [4.69, 9.17) is 14.8 Å². The van der Waals surface area contributed by atoms with Gasteiger partial charge >= 0.3 is 0 Å². The third kappa shape index (κ3) is 5.45. The summed E-state index contributed by atoms with van der Waals surface area (Å²) in [4.78, 5) is 18.1. The van der Waals surface area contributed by atoms with Crippen molar-refractivity contribution < 1.29 is 9.53 Å². The molecule has 1 N–H and O–H groups in total. The normalized spacial score (nSPS) is 19.2. The molecule has 0 spiro atoms. The van der Waals surface area contributed by atoms with Crippen LogP contribution in [0.25, 0.3) is 0 Å². The number of nitrogens with one attached hydrogen (secondary N) is 1. The number of hydrogen-bond acceptors (Lipinski definition) is 6. The van der Waals surface area contributed by atoms with E-state index in [0.29, 0.717) is 6.42 Å². The quantitative estimate of drug-likeness (QED) is 0.321. The molecule has 1 aliphatic heterocycles. The Bertz CT molecular complexity index is 1010. The first-order valence-corrected chi connectivity index (χ1v) is 13.3. The maximum atomic E-state index is 13.3. The van der Waals surface area contributed by atoms with Crippen LogP contribution in [0, 0.1) is 5.41 Å². The molecule has 1 aromatic carbocycles. The Labute approximate surface area is 201 Å². The minimum absolute atomic E-state index is 0.0649. The molecule has 0 amide bonds. The minimum Gasteiger partial charge on any atom is -0.494 e. The summed E-state index contributed by atoms with van der Waals surface area (Å²) in [5, 5.41) is 9.04. The molecule has 1 atom stereocenters. The second-order valence-electron chi connectivity index (χ2n) is 9.85. The van der Waals surface area contributed by atoms with E-state index in [0.717, 1.165) is 71.7 Å². The van der Waals surface area contributed by atoms with E-state index in [1.165, 1.54) is 12.8 Å². The van der Waals surface area contributed by atoms with Crippen molar-refractivity contribution in [3.63, 3.8) is 0 Å². The number of rotatable bonds is 10. The summed E-state index contributed by atoms with van der Waals surface area (Å²) in [6, 6.07) is 7.89. The Morgan fingerprint density at radius 1 is 1.12 bits per heavy atom. The van der Waals surface area contributed by atoms with Crippen molar-refractivity contribution in [2.45, 2.75) is 83.8 Å². The van der Waals surface area contributed by atoms with Gasteiger partial charge in [-0.1, -0.05) is 70.9 Å². The molecule has 33 heavy (non-hydrogen) atoms. The number of benzene rings is 1. The highest BCUT2D eigenvalue weighted by Gasteiger charge is 2.41. The Balaban J connectivity index is 1.65. The number of allylic oxidation sites excluding steroid dienone is 2. The summed E-state index contributed by atoms with van der Waals surface area (Å²) in [6.45, 7) is 9.42. The largest absolute Gasteiger partial charge is 0.494 e. The summed E-state index contributed by atoms with van der Waals surface area (Å²) >= 11 is 1.68. The van der Waals surface area contributed by atoms with E-state index in [1.54, 1.807) is 11.8 Å². The lowest BCUT2D eigenvalue weighted by Crippen LogP contribution is -2.36. The lowest BCUT2D eigenvalue weighted by molar-refractivity contribution is -0.118. The number of fused-ring (bicyclic) bond motifs is 1. The van der Waals surface area contributed by atoms with Crippen molar-refractivity contribution in [2.75, 3.05) is 17.7 Å². The van der Waals surface area contributed by atoms with Gasteiger partial charge in [-0.25, -0.2) is 4.68 Å². The lowest BCUT2D eigenvalue weighted by Gasteiger charge is -2.38. The van der Waals surface area contributed by atoms with E-state index < -0.39 is 0 Å². The van der Waals surface area contributed by atoms with Crippen molar-refractivity contribution in [1.82, 2.24) is 14.8 Å². The van der Waals surface area contributed by atoms with Gasteiger partial charge < -0.3 is 10.1 Å². The van der Waals surface area contributed by atoms with Gasteiger partial charge in [0.05, 0.1) is 6.61 Å². The van der Waals surface area contributed by atoms with Gasteiger partial charge in [0.1, 0.15) is 11.8 Å². The highest BCUT2D eigenvalue weighted by atomic mass is 32.2. The zero-order valence-electron chi connectivity index (χ0n) is 20.3. The number of thioether (sulfide) groups is 1. The zero-order valence-corrected chi connectivity index (χ0v) is 21.1. The molecular formula is C26H36N4O2S. The predicted molar refractivity (Wildman–Crippen MR) is 134 cm³/mol. The first kappa shape index (κ1) is 23.9. The topological polar surface area (TPSA) is 69.0 Å². The van der Waals surface area contributed by atoms with Crippen LogP contribution in [0.1, 0.15) is 84.2 Å². The maximum Gasteiger partial charge on any atom is 0.227 e. The molecule has 178 valence electrons. The third-order valence-electron chi connectivity index (χ3n) is 6.25. The number of Topliss-reactive ketones (excluding diaryl/α,β-unsaturated/α-hetero) is 1. The number of aromatic nitrogens is 3. The molecule has 0 fully saturated rings. The Morgan fingerprint density at radius 3 is 2.61 bits per heavy atom. The smallest absolute Gasteiger partial charge is 0.227 e. The fourth-order valence-corrected chi connectivity index (χ4v) is 5.47. The van der Waals surface area contributed by atoms with Crippen LogP contribution >= 0.6 is 11.8 Å². The van der Waals surface area contributed by atoms with Crippen LogP contribution < -0.4 is 10.1 Å². The van der Waals surface area contributed by atoms with Gasteiger partial charge in [-0.05, 0) is 42.4 Å². The van der Waals surface area contributed by atoms with Gasteiger partial charge in [0.2, 0.25) is 11.1 Å². The number of carbonyl (C=O) groups is 1. The molecule has 6 nitrogen and oxygen atoms in total. The fourth-order valence-electron chi connectivity index (χ4n) is 4.55. The average molecular weight is 469 g/mol. The van der Waals surface area contributed by atoms with Crippen LogP contribution in [0.4, 0.5) is 5.95 Å². The molecule has 7 heteroatoms. The van der Waals surface area contributed by atoms with E-state index in [-0.39, 0.29) is 17.2 Å². The number of ketones is 1. The van der Waals surface area contributed by atoms with Crippen LogP contribution in [-0.4, -0.2) is 32.9 Å². The molecule has 2 aliphatic rings. The number of ether oxygens (including phenoxy) is 1. The van der Waals surface area contributed by atoms with Crippen molar-refractivity contribution in [3.05, 3.63) is 41.1 Å². The van der Waals surface area contributed by atoms with E-state index in [1.807, 2.05) is 16.8 Å². The molecule has 0 bridgehead atoms. The summed E-state index contributed by atoms with van der Waals surface area (Å²) < 4.78 is 7.81. The fraction of sp³-hybridized carbons (Fsp3) is 0.577. The van der Waals surface area contributed by atoms with E-state index in [2.05, 4.69) is 45.1 Å². The molecule has 2 aromatic rings. The monoisotopic (exact) mass is 468 g/mol. The SMILES string of the molecule is CCCCCOc1ccc(C2C3=C(CC(C)(C)CC3=O)Nc3nc(SCCCC)nn32)cc1. The summed E-state index contributed by atoms with van der Waals surface area (Å²) in [5.41, 5.74) is 2.79. The van der Waals surface area contributed by atoms with Gasteiger partial charge in [0.15, 0.2) is 5.78 Å².